The highest BCUT2D eigenvalue weighted by Crippen LogP contribution is 2.29. The average molecular weight is 240 g/mol. The maximum atomic E-state index is 5.49. The molecule has 3 N–H and O–H groups in total. The van der Waals surface area contributed by atoms with E-state index in [1.807, 2.05) is 0 Å². The molecule has 0 aromatic carbocycles. The van der Waals surface area contributed by atoms with Crippen molar-refractivity contribution in [1.82, 2.24) is 9.36 Å². The fraction of sp³-hybridized carbons (Fsp3) is 0.818. The van der Waals surface area contributed by atoms with Crippen molar-refractivity contribution in [3.8, 4) is 0 Å². The van der Waals surface area contributed by atoms with Gasteiger partial charge in [0.25, 0.3) is 0 Å². The first-order chi connectivity index (χ1) is 7.78. The zero-order valence-corrected chi connectivity index (χ0v) is 10.6. The highest BCUT2D eigenvalue weighted by molar-refractivity contribution is 7.09. The van der Waals surface area contributed by atoms with E-state index in [0.29, 0.717) is 12.0 Å². The number of anilines is 2. The lowest BCUT2D eigenvalue weighted by Gasteiger charge is -2.28. The molecule has 0 saturated heterocycles. The van der Waals surface area contributed by atoms with Crippen LogP contribution in [-0.2, 0) is 0 Å². The van der Waals surface area contributed by atoms with Crippen LogP contribution in [0, 0.1) is 5.92 Å². The summed E-state index contributed by atoms with van der Waals surface area (Å²) in [6, 6.07) is 0.570. The number of hydrogen-bond acceptors (Lipinski definition) is 5. The number of nitrogen functional groups attached to an aromatic ring is 1. The molecule has 16 heavy (non-hydrogen) atoms. The third-order valence-corrected chi connectivity index (χ3v) is 3.97. The first kappa shape index (κ1) is 11.6. The molecule has 0 radical (unpaired) electrons. The summed E-state index contributed by atoms with van der Waals surface area (Å²) >= 11 is 1.36. The minimum absolute atomic E-state index is 0.382. The molecule has 0 bridgehead atoms. The molecular weight excluding hydrogens is 220 g/mol. The molecule has 1 fully saturated rings. The minimum Gasteiger partial charge on any atom is -0.367 e. The standard InChI is InChI=1S/C11H20N4S/c1-2-3-8-4-6-9(7-5-8)13-11-14-10(12)15-16-11/h8-9H,2-7H2,1H3,(H3,12,13,14,15). The molecule has 0 amide bonds. The Hall–Kier alpha value is -0.840. The average Bonchev–Trinajstić information content (AvgIpc) is 2.67. The van der Waals surface area contributed by atoms with E-state index in [1.165, 1.54) is 50.1 Å². The summed E-state index contributed by atoms with van der Waals surface area (Å²) in [7, 11) is 0. The lowest BCUT2D eigenvalue weighted by atomic mass is 9.83. The number of nitrogens with two attached hydrogens (primary N) is 1. The lowest BCUT2D eigenvalue weighted by molar-refractivity contribution is 0.319. The summed E-state index contributed by atoms with van der Waals surface area (Å²) in [4.78, 5) is 4.13. The van der Waals surface area contributed by atoms with Gasteiger partial charge in [-0.05, 0) is 31.6 Å². The van der Waals surface area contributed by atoms with E-state index in [1.54, 1.807) is 0 Å². The fourth-order valence-corrected chi connectivity index (χ4v) is 3.05. The van der Waals surface area contributed by atoms with Crippen molar-refractivity contribution in [2.45, 2.75) is 51.5 Å². The van der Waals surface area contributed by atoms with E-state index in [4.69, 9.17) is 5.73 Å². The Balaban J connectivity index is 1.77. The van der Waals surface area contributed by atoms with Gasteiger partial charge in [-0.15, -0.1) is 0 Å². The first-order valence-corrected chi connectivity index (χ1v) is 6.91. The van der Waals surface area contributed by atoms with Gasteiger partial charge in [-0.25, -0.2) is 0 Å². The van der Waals surface area contributed by atoms with Crippen molar-refractivity contribution in [2.75, 3.05) is 11.1 Å². The number of aromatic nitrogens is 2. The van der Waals surface area contributed by atoms with E-state index >= 15 is 0 Å². The van der Waals surface area contributed by atoms with Crippen LogP contribution in [0.15, 0.2) is 0 Å². The van der Waals surface area contributed by atoms with Crippen LogP contribution >= 0.6 is 11.5 Å². The maximum absolute atomic E-state index is 5.49. The van der Waals surface area contributed by atoms with Gasteiger partial charge < -0.3 is 11.1 Å². The van der Waals surface area contributed by atoms with Crippen molar-refractivity contribution in [2.24, 2.45) is 5.92 Å². The molecule has 1 aliphatic rings. The van der Waals surface area contributed by atoms with E-state index in [9.17, 15) is 0 Å². The summed E-state index contributed by atoms with van der Waals surface area (Å²) in [5.41, 5.74) is 5.49. The maximum Gasteiger partial charge on any atom is 0.233 e. The van der Waals surface area contributed by atoms with Gasteiger partial charge in [0.2, 0.25) is 11.1 Å². The third kappa shape index (κ3) is 3.07. The topological polar surface area (TPSA) is 63.8 Å². The van der Waals surface area contributed by atoms with Gasteiger partial charge in [0.05, 0.1) is 0 Å². The van der Waals surface area contributed by atoms with E-state index in [-0.39, 0.29) is 0 Å². The normalized spacial score (nSPS) is 25.6. The summed E-state index contributed by atoms with van der Waals surface area (Å²) in [5, 5.41) is 4.30. The van der Waals surface area contributed by atoms with Gasteiger partial charge in [-0.3, -0.25) is 0 Å². The fourth-order valence-electron chi connectivity index (χ4n) is 2.47. The first-order valence-electron chi connectivity index (χ1n) is 6.13. The third-order valence-electron chi connectivity index (χ3n) is 3.31. The second-order valence-electron chi connectivity index (χ2n) is 4.61. The SMILES string of the molecule is CCCC1CCC(Nc2nc(N)ns2)CC1. The molecule has 0 spiro atoms. The molecule has 1 aromatic heterocycles. The Morgan fingerprint density at radius 2 is 2.12 bits per heavy atom. The van der Waals surface area contributed by atoms with Crippen LogP contribution in [0.25, 0.3) is 0 Å². The Kier molecular flexibility index (Phi) is 3.98. The van der Waals surface area contributed by atoms with Crippen LogP contribution in [0.4, 0.5) is 11.1 Å². The van der Waals surface area contributed by atoms with Gasteiger partial charge in [-0.2, -0.15) is 9.36 Å². The van der Waals surface area contributed by atoms with Crippen molar-refractivity contribution >= 4 is 22.6 Å². The molecule has 2 rings (SSSR count). The highest BCUT2D eigenvalue weighted by Gasteiger charge is 2.21. The molecule has 1 aliphatic carbocycles. The highest BCUT2D eigenvalue weighted by atomic mass is 32.1. The summed E-state index contributed by atoms with van der Waals surface area (Å²) < 4.78 is 3.97. The van der Waals surface area contributed by atoms with Crippen molar-refractivity contribution in [3.63, 3.8) is 0 Å². The molecule has 5 heteroatoms. The van der Waals surface area contributed by atoms with Crippen molar-refractivity contribution < 1.29 is 0 Å². The zero-order valence-electron chi connectivity index (χ0n) is 9.78. The quantitative estimate of drug-likeness (QED) is 0.849. The van der Waals surface area contributed by atoms with Crippen molar-refractivity contribution in [3.05, 3.63) is 0 Å². The van der Waals surface area contributed by atoms with Crippen LogP contribution in [-0.4, -0.2) is 15.4 Å². The van der Waals surface area contributed by atoms with E-state index in [2.05, 4.69) is 21.6 Å². The minimum atomic E-state index is 0.382. The van der Waals surface area contributed by atoms with Gasteiger partial charge in [0.1, 0.15) is 0 Å². The van der Waals surface area contributed by atoms with Crippen LogP contribution in [0.5, 0.6) is 0 Å². The predicted octanol–water partition coefficient (Wildman–Crippen LogP) is 2.89. The monoisotopic (exact) mass is 240 g/mol. The van der Waals surface area contributed by atoms with Crippen LogP contribution < -0.4 is 11.1 Å². The largest absolute Gasteiger partial charge is 0.367 e. The Labute approximate surface area is 101 Å². The second kappa shape index (κ2) is 5.48. The predicted molar refractivity (Wildman–Crippen MR) is 68.6 cm³/mol. The summed E-state index contributed by atoms with van der Waals surface area (Å²) in [5.74, 6) is 1.33. The molecule has 0 unspecified atom stereocenters. The molecule has 4 nitrogen and oxygen atoms in total. The molecule has 1 aromatic rings. The second-order valence-corrected chi connectivity index (χ2v) is 5.36. The molecule has 0 atom stereocenters. The van der Waals surface area contributed by atoms with E-state index in [0.717, 1.165) is 11.0 Å². The number of nitrogens with zero attached hydrogens (tertiary/aromatic N) is 2. The lowest BCUT2D eigenvalue weighted by Crippen LogP contribution is -2.26. The molecular formula is C11H20N4S. The number of hydrogen-bond donors (Lipinski definition) is 2. The molecule has 90 valence electrons. The van der Waals surface area contributed by atoms with Gasteiger partial charge >= 0.3 is 0 Å². The van der Waals surface area contributed by atoms with E-state index < -0.39 is 0 Å². The molecule has 1 saturated carbocycles. The van der Waals surface area contributed by atoms with Gasteiger partial charge in [0.15, 0.2) is 0 Å². The van der Waals surface area contributed by atoms with Crippen LogP contribution in [0.3, 0.4) is 0 Å². The zero-order chi connectivity index (χ0) is 11.4. The Morgan fingerprint density at radius 1 is 1.38 bits per heavy atom. The number of rotatable bonds is 4. The van der Waals surface area contributed by atoms with Crippen LogP contribution in [0.2, 0.25) is 0 Å². The Morgan fingerprint density at radius 3 is 2.69 bits per heavy atom. The van der Waals surface area contributed by atoms with Crippen LogP contribution in [0.1, 0.15) is 45.4 Å². The summed E-state index contributed by atoms with van der Waals surface area (Å²) in [6.07, 6.45) is 7.90. The summed E-state index contributed by atoms with van der Waals surface area (Å²) in [6.45, 7) is 2.27. The number of nitrogens with one attached hydrogen (secondary N) is 1. The molecule has 1 heterocycles. The van der Waals surface area contributed by atoms with Gasteiger partial charge in [-0.1, -0.05) is 19.8 Å². The van der Waals surface area contributed by atoms with Gasteiger partial charge in [0, 0.05) is 17.6 Å². The Bertz CT molecular complexity index is 318. The van der Waals surface area contributed by atoms with Crippen molar-refractivity contribution in [1.29, 1.82) is 0 Å². The smallest absolute Gasteiger partial charge is 0.233 e. The molecule has 0 aliphatic heterocycles.